The van der Waals surface area contributed by atoms with Crippen molar-refractivity contribution in [1.82, 2.24) is 9.80 Å². The van der Waals surface area contributed by atoms with Crippen molar-refractivity contribution >= 4 is 17.4 Å². The zero-order valence-corrected chi connectivity index (χ0v) is 23.9. The van der Waals surface area contributed by atoms with Gasteiger partial charge in [-0.15, -0.1) is 0 Å². The number of methoxy groups -OCH3 is 3. The molecular formula is C31H28F6N2O5. The molecule has 0 saturated carbocycles. The standard InChI is InChI=1S/C31H28F6N2O5/c1-42-25-16-21(17-26(43-2)28(25)44-3)29(41)39-12-10-38(11-13-39)27(40)18-24(19-6-4-8-22(14-19)30(32,33)34)20-7-5-9-23(15-20)31(35,36)37/h4-9,14-18H,10-13H2,1-3H3. The number of carbonyl (C=O) groups is 2. The Morgan fingerprint density at radius 1 is 0.659 bits per heavy atom. The molecule has 1 aliphatic heterocycles. The Balaban J connectivity index is 1.60. The molecule has 13 heteroatoms. The monoisotopic (exact) mass is 622 g/mol. The van der Waals surface area contributed by atoms with Crippen LogP contribution in [0.4, 0.5) is 26.3 Å². The Labute approximate surface area is 249 Å². The molecule has 0 aliphatic carbocycles. The first-order valence-electron chi connectivity index (χ1n) is 13.2. The molecular weight excluding hydrogens is 594 g/mol. The highest BCUT2D eigenvalue weighted by molar-refractivity contribution is 6.00. The van der Waals surface area contributed by atoms with Crippen molar-refractivity contribution in [2.75, 3.05) is 47.5 Å². The van der Waals surface area contributed by atoms with Crippen LogP contribution in [0.5, 0.6) is 17.2 Å². The number of alkyl halides is 6. The van der Waals surface area contributed by atoms with E-state index in [1.54, 1.807) is 0 Å². The van der Waals surface area contributed by atoms with Crippen molar-refractivity contribution in [3.05, 3.63) is 94.6 Å². The molecule has 234 valence electrons. The van der Waals surface area contributed by atoms with Gasteiger partial charge in [-0.3, -0.25) is 9.59 Å². The molecule has 0 atom stereocenters. The van der Waals surface area contributed by atoms with Crippen LogP contribution in [-0.2, 0) is 17.1 Å². The Morgan fingerprint density at radius 3 is 1.52 bits per heavy atom. The molecule has 7 nitrogen and oxygen atoms in total. The van der Waals surface area contributed by atoms with Gasteiger partial charge >= 0.3 is 12.4 Å². The number of benzene rings is 3. The van der Waals surface area contributed by atoms with Crippen LogP contribution in [0.3, 0.4) is 0 Å². The Hall–Kier alpha value is -4.68. The normalized spacial score (nSPS) is 13.8. The van der Waals surface area contributed by atoms with Gasteiger partial charge in [0.2, 0.25) is 11.7 Å². The topological polar surface area (TPSA) is 68.3 Å². The molecule has 1 saturated heterocycles. The predicted molar refractivity (Wildman–Crippen MR) is 149 cm³/mol. The molecule has 3 aromatic carbocycles. The number of amides is 2. The maximum Gasteiger partial charge on any atom is 0.416 e. The highest BCUT2D eigenvalue weighted by atomic mass is 19.4. The molecule has 1 heterocycles. The molecule has 0 unspecified atom stereocenters. The van der Waals surface area contributed by atoms with E-state index >= 15 is 0 Å². The molecule has 3 aromatic rings. The summed E-state index contributed by atoms with van der Waals surface area (Å²) in [6.45, 7) is 0.392. The number of hydrogen-bond donors (Lipinski definition) is 0. The smallest absolute Gasteiger partial charge is 0.416 e. The third-order valence-electron chi connectivity index (χ3n) is 7.06. The second-order valence-corrected chi connectivity index (χ2v) is 9.75. The maximum absolute atomic E-state index is 13.5. The number of rotatable bonds is 7. The van der Waals surface area contributed by atoms with Crippen LogP contribution in [0, 0.1) is 0 Å². The fourth-order valence-electron chi connectivity index (χ4n) is 4.79. The highest BCUT2D eigenvalue weighted by Gasteiger charge is 2.33. The second kappa shape index (κ2) is 12.9. The average molecular weight is 623 g/mol. The lowest BCUT2D eigenvalue weighted by Gasteiger charge is -2.34. The second-order valence-electron chi connectivity index (χ2n) is 9.75. The summed E-state index contributed by atoms with van der Waals surface area (Å²) in [4.78, 5) is 29.5. The largest absolute Gasteiger partial charge is 0.493 e. The molecule has 0 aromatic heterocycles. The van der Waals surface area contributed by atoms with Crippen LogP contribution in [0.15, 0.2) is 66.7 Å². The number of hydrogen-bond acceptors (Lipinski definition) is 5. The van der Waals surface area contributed by atoms with E-state index in [4.69, 9.17) is 14.2 Å². The molecule has 0 radical (unpaired) electrons. The van der Waals surface area contributed by atoms with Gasteiger partial charge in [-0.1, -0.05) is 24.3 Å². The molecule has 4 rings (SSSR count). The van der Waals surface area contributed by atoms with E-state index in [0.717, 1.165) is 42.5 Å². The van der Waals surface area contributed by atoms with Gasteiger partial charge in [0.05, 0.1) is 32.5 Å². The summed E-state index contributed by atoms with van der Waals surface area (Å²) in [7, 11) is 4.25. The van der Waals surface area contributed by atoms with Crippen LogP contribution < -0.4 is 14.2 Å². The zero-order valence-electron chi connectivity index (χ0n) is 23.9. The number of piperazine rings is 1. The number of carbonyl (C=O) groups excluding carboxylic acids is 2. The van der Waals surface area contributed by atoms with Crippen LogP contribution in [0.2, 0.25) is 0 Å². The Kier molecular flexibility index (Phi) is 9.45. The van der Waals surface area contributed by atoms with Crippen LogP contribution in [0.1, 0.15) is 32.6 Å². The van der Waals surface area contributed by atoms with Crippen molar-refractivity contribution in [2.45, 2.75) is 12.4 Å². The van der Waals surface area contributed by atoms with E-state index in [1.807, 2.05) is 0 Å². The summed E-state index contributed by atoms with van der Waals surface area (Å²) < 4.78 is 96.7. The van der Waals surface area contributed by atoms with E-state index in [-0.39, 0.29) is 65.8 Å². The predicted octanol–water partition coefficient (Wildman–Crippen LogP) is 6.17. The molecule has 1 aliphatic rings. The minimum atomic E-state index is -4.71. The SMILES string of the molecule is COc1cc(C(=O)N2CCN(C(=O)C=C(c3cccc(C(F)(F)F)c3)c3cccc(C(F)(F)F)c3)CC2)cc(OC)c1OC. The van der Waals surface area contributed by atoms with E-state index < -0.39 is 29.4 Å². The molecule has 2 amide bonds. The molecule has 0 N–H and O–H groups in total. The van der Waals surface area contributed by atoms with E-state index in [2.05, 4.69) is 0 Å². The minimum absolute atomic E-state index is 0.0734. The number of halogens is 6. The van der Waals surface area contributed by atoms with Gasteiger partial charge in [0.25, 0.3) is 5.91 Å². The molecule has 0 spiro atoms. The van der Waals surface area contributed by atoms with Gasteiger partial charge in [-0.05, 0) is 53.1 Å². The number of nitrogens with zero attached hydrogens (tertiary/aromatic N) is 2. The van der Waals surface area contributed by atoms with Gasteiger partial charge in [0, 0.05) is 37.8 Å². The Bertz CT molecular complexity index is 1480. The van der Waals surface area contributed by atoms with Crippen LogP contribution in [-0.4, -0.2) is 69.1 Å². The van der Waals surface area contributed by atoms with Gasteiger partial charge < -0.3 is 24.0 Å². The van der Waals surface area contributed by atoms with Gasteiger partial charge in [-0.2, -0.15) is 26.3 Å². The van der Waals surface area contributed by atoms with Crippen LogP contribution in [0.25, 0.3) is 5.57 Å². The molecule has 1 fully saturated rings. The summed E-state index contributed by atoms with van der Waals surface area (Å²) in [5.74, 6) is -0.113. The first kappa shape index (κ1) is 32.2. The maximum atomic E-state index is 13.5. The summed E-state index contributed by atoms with van der Waals surface area (Å²) in [5, 5.41) is 0. The molecule has 44 heavy (non-hydrogen) atoms. The fourth-order valence-corrected chi connectivity index (χ4v) is 4.79. The van der Waals surface area contributed by atoms with Crippen molar-refractivity contribution in [2.24, 2.45) is 0 Å². The third-order valence-corrected chi connectivity index (χ3v) is 7.06. The quantitative estimate of drug-likeness (QED) is 0.233. The van der Waals surface area contributed by atoms with E-state index in [9.17, 15) is 35.9 Å². The van der Waals surface area contributed by atoms with Crippen LogP contribution >= 0.6 is 0 Å². The highest BCUT2D eigenvalue weighted by Crippen LogP contribution is 2.39. The summed E-state index contributed by atoms with van der Waals surface area (Å²) >= 11 is 0. The van der Waals surface area contributed by atoms with Crippen molar-refractivity contribution in [1.29, 1.82) is 0 Å². The third kappa shape index (κ3) is 7.09. The summed E-state index contributed by atoms with van der Waals surface area (Å²) in [6.07, 6.45) is -8.39. The first-order valence-corrected chi connectivity index (χ1v) is 13.2. The summed E-state index contributed by atoms with van der Waals surface area (Å²) in [5.41, 5.74) is -2.04. The van der Waals surface area contributed by atoms with Crippen molar-refractivity contribution < 1.29 is 50.1 Å². The lowest BCUT2D eigenvalue weighted by molar-refractivity contribution is -0.138. The Morgan fingerprint density at radius 2 is 1.11 bits per heavy atom. The van der Waals surface area contributed by atoms with Gasteiger partial charge in [0.1, 0.15) is 0 Å². The summed E-state index contributed by atoms with van der Waals surface area (Å²) in [6, 6.07) is 11.1. The molecule has 0 bridgehead atoms. The fraction of sp³-hybridized carbons (Fsp3) is 0.290. The lowest BCUT2D eigenvalue weighted by Crippen LogP contribution is -2.50. The average Bonchev–Trinajstić information content (AvgIpc) is 3.01. The minimum Gasteiger partial charge on any atom is -0.493 e. The van der Waals surface area contributed by atoms with E-state index in [0.29, 0.717) is 5.75 Å². The van der Waals surface area contributed by atoms with E-state index in [1.165, 1.54) is 55.4 Å². The first-order chi connectivity index (χ1) is 20.8. The zero-order chi connectivity index (χ0) is 32.2. The van der Waals surface area contributed by atoms with Crippen molar-refractivity contribution in [3.8, 4) is 17.2 Å². The lowest BCUT2D eigenvalue weighted by atomic mass is 9.94. The van der Waals surface area contributed by atoms with Gasteiger partial charge in [-0.25, -0.2) is 0 Å². The number of ether oxygens (including phenoxy) is 3. The van der Waals surface area contributed by atoms with Gasteiger partial charge in [0.15, 0.2) is 11.5 Å². The van der Waals surface area contributed by atoms with Crippen molar-refractivity contribution in [3.63, 3.8) is 0 Å².